The van der Waals surface area contributed by atoms with Gasteiger partial charge in [-0.2, -0.15) is 0 Å². The highest BCUT2D eigenvalue weighted by molar-refractivity contribution is 5.84. The SMILES string of the molecule is Cc1cc(C(NC(=O)CCCOc2ccccc2)C(=O)O)ccc1F. The lowest BCUT2D eigenvalue weighted by molar-refractivity contribution is -0.142. The Kier molecular flexibility index (Phi) is 6.51. The van der Waals surface area contributed by atoms with Crippen molar-refractivity contribution >= 4 is 11.9 Å². The van der Waals surface area contributed by atoms with Crippen molar-refractivity contribution in [3.8, 4) is 5.75 Å². The molecular formula is C19H20FNO4. The van der Waals surface area contributed by atoms with E-state index in [1.165, 1.54) is 18.2 Å². The third-order valence-corrected chi connectivity index (χ3v) is 3.63. The highest BCUT2D eigenvalue weighted by Gasteiger charge is 2.22. The summed E-state index contributed by atoms with van der Waals surface area (Å²) in [6.07, 6.45) is 0.590. The second-order valence-electron chi connectivity index (χ2n) is 5.61. The smallest absolute Gasteiger partial charge is 0.330 e. The number of aliphatic carboxylic acids is 1. The van der Waals surface area contributed by atoms with Gasteiger partial charge in [-0.15, -0.1) is 0 Å². The lowest BCUT2D eigenvalue weighted by Crippen LogP contribution is -2.33. The van der Waals surface area contributed by atoms with E-state index in [2.05, 4.69) is 5.32 Å². The molecule has 0 aliphatic heterocycles. The Bertz CT molecular complexity index is 733. The second-order valence-corrected chi connectivity index (χ2v) is 5.61. The van der Waals surface area contributed by atoms with Crippen LogP contribution in [0.15, 0.2) is 48.5 Å². The molecule has 0 aliphatic carbocycles. The largest absolute Gasteiger partial charge is 0.494 e. The number of halogens is 1. The van der Waals surface area contributed by atoms with Crippen LogP contribution in [0.25, 0.3) is 0 Å². The highest BCUT2D eigenvalue weighted by atomic mass is 19.1. The summed E-state index contributed by atoms with van der Waals surface area (Å²) in [6, 6.07) is 12.0. The molecule has 0 aromatic heterocycles. The van der Waals surface area contributed by atoms with Gasteiger partial charge in [-0.1, -0.05) is 30.3 Å². The van der Waals surface area contributed by atoms with E-state index in [0.717, 1.165) is 0 Å². The number of benzene rings is 2. The number of carbonyl (C=O) groups is 2. The molecule has 5 nitrogen and oxygen atoms in total. The number of hydrogen-bond acceptors (Lipinski definition) is 3. The Morgan fingerprint density at radius 1 is 1.20 bits per heavy atom. The van der Waals surface area contributed by atoms with Gasteiger partial charge in [0.2, 0.25) is 5.91 Å². The van der Waals surface area contributed by atoms with Crippen molar-refractivity contribution in [3.63, 3.8) is 0 Å². The van der Waals surface area contributed by atoms with Gasteiger partial charge in [0.1, 0.15) is 11.6 Å². The predicted octanol–water partition coefficient (Wildman–Crippen LogP) is 3.24. The maximum absolute atomic E-state index is 13.3. The van der Waals surface area contributed by atoms with Gasteiger partial charge in [0, 0.05) is 6.42 Å². The van der Waals surface area contributed by atoms with E-state index in [0.29, 0.717) is 29.9 Å². The van der Waals surface area contributed by atoms with Crippen molar-refractivity contribution in [1.29, 1.82) is 0 Å². The van der Waals surface area contributed by atoms with Crippen LogP contribution in [-0.4, -0.2) is 23.6 Å². The minimum atomic E-state index is -1.21. The Hall–Kier alpha value is -2.89. The van der Waals surface area contributed by atoms with E-state index in [1.807, 2.05) is 30.3 Å². The van der Waals surface area contributed by atoms with Gasteiger partial charge in [-0.05, 0) is 42.7 Å². The number of carboxylic acids is 1. The lowest BCUT2D eigenvalue weighted by Gasteiger charge is -2.16. The monoisotopic (exact) mass is 345 g/mol. The third kappa shape index (κ3) is 5.60. The van der Waals surface area contributed by atoms with E-state index in [-0.39, 0.29) is 6.42 Å². The van der Waals surface area contributed by atoms with E-state index in [4.69, 9.17) is 4.74 Å². The van der Waals surface area contributed by atoms with Crippen LogP contribution in [-0.2, 0) is 9.59 Å². The van der Waals surface area contributed by atoms with Gasteiger partial charge in [0.05, 0.1) is 6.61 Å². The number of para-hydroxylation sites is 1. The van der Waals surface area contributed by atoms with E-state index in [9.17, 15) is 19.1 Å². The molecule has 0 radical (unpaired) electrons. The molecule has 0 heterocycles. The van der Waals surface area contributed by atoms with Crippen molar-refractivity contribution in [2.75, 3.05) is 6.61 Å². The molecule has 132 valence electrons. The number of rotatable bonds is 8. The van der Waals surface area contributed by atoms with Crippen LogP contribution >= 0.6 is 0 Å². The van der Waals surface area contributed by atoms with Crippen LogP contribution in [0.2, 0.25) is 0 Å². The number of hydrogen-bond donors (Lipinski definition) is 2. The van der Waals surface area contributed by atoms with Crippen molar-refractivity contribution in [3.05, 3.63) is 65.5 Å². The molecular weight excluding hydrogens is 325 g/mol. The van der Waals surface area contributed by atoms with Gasteiger partial charge < -0.3 is 15.2 Å². The molecule has 1 amide bonds. The number of carbonyl (C=O) groups excluding carboxylic acids is 1. The van der Waals surface area contributed by atoms with E-state index < -0.39 is 23.7 Å². The Labute approximate surface area is 145 Å². The summed E-state index contributed by atoms with van der Waals surface area (Å²) in [5.74, 6) is -1.30. The average molecular weight is 345 g/mol. The summed E-state index contributed by atoms with van der Waals surface area (Å²) in [4.78, 5) is 23.4. The molecule has 0 saturated heterocycles. The van der Waals surface area contributed by atoms with Gasteiger partial charge in [-0.3, -0.25) is 4.79 Å². The van der Waals surface area contributed by atoms with Crippen molar-refractivity contribution in [1.82, 2.24) is 5.32 Å². The van der Waals surface area contributed by atoms with Crippen LogP contribution < -0.4 is 10.1 Å². The first-order chi connectivity index (χ1) is 12.0. The third-order valence-electron chi connectivity index (χ3n) is 3.63. The zero-order valence-electron chi connectivity index (χ0n) is 13.9. The zero-order valence-corrected chi connectivity index (χ0v) is 13.9. The Morgan fingerprint density at radius 2 is 1.92 bits per heavy atom. The summed E-state index contributed by atoms with van der Waals surface area (Å²) in [5, 5.41) is 11.8. The predicted molar refractivity (Wildman–Crippen MR) is 90.8 cm³/mol. The molecule has 6 heteroatoms. The van der Waals surface area contributed by atoms with Crippen molar-refractivity contribution < 1.29 is 23.8 Å². The number of nitrogens with one attached hydrogen (secondary N) is 1. The summed E-state index contributed by atoms with van der Waals surface area (Å²) < 4.78 is 18.8. The van der Waals surface area contributed by atoms with Crippen LogP contribution in [0.5, 0.6) is 5.75 Å². The van der Waals surface area contributed by atoms with E-state index in [1.54, 1.807) is 6.92 Å². The number of carboxylic acid groups (broad SMARTS) is 1. The molecule has 0 aliphatic rings. The zero-order chi connectivity index (χ0) is 18.2. The summed E-state index contributed by atoms with van der Waals surface area (Å²) in [6.45, 7) is 1.89. The molecule has 2 aromatic rings. The fraction of sp³-hybridized carbons (Fsp3) is 0.263. The molecule has 0 bridgehead atoms. The second kappa shape index (κ2) is 8.82. The molecule has 1 atom stereocenters. The topological polar surface area (TPSA) is 75.6 Å². The van der Waals surface area contributed by atoms with Crippen LogP contribution in [0.1, 0.15) is 30.0 Å². The molecule has 2 rings (SSSR count). The van der Waals surface area contributed by atoms with Crippen LogP contribution in [0, 0.1) is 12.7 Å². The maximum Gasteiger partial charge on any atom is 0.330 e. The minimum Gasteiger partial charge on any atom is -0.494 e. The number of amides is 1. The van der Waals surface area contributed by atoms with Crippen molar-refractivity contribution in [2.24, 2.45) is 0 Å². The standard InChI is InChI=1S/C19H20FNO4/c1-13-12-14(9-10-16(13)20)18(19(23)24)21-17(22)8-5-11-25-15-6-3-2-4-7-15/h2-4,6-7,9-10,12,18H,5,8,11H2,1H3,(H,21,22)(H,23,24). The number of ether oxygens (including phenoxy) is 1. The van der Waals surface area contributed by atoms with Crippen LogP contribution in [0.3, 0.4) is 0 Å². The lowest BCUT2D eigenvalue weighted by atomic mass is 10.0. The quantitative estimate of drug-likeness (QED) is 0.720. The maximum atomic E-state index is 13.3. The fourth-order valence-corrected chi connectivity index (χ4v) is 2.31. The molecule has 2 aromatic carbocycles. The van der Waals surface area contributed by atoms with Gasteiger partial charge in [0.15, 0.2) is 6.04 Å². The molecule has 2 N–H and O–H groups in total. The van der Waals surface area contributed by atoms with Crippen LogP contribution in [0.4, 0.5) is 4.39 Å². The highest BCUT2D eigenvalue weighted by Crippen LogP contribution is 2.17. The molecule has 0 saturated carbocycles. The van der Waals surface area contributed by atoms with Gasteiger partial charge >= 0.3 is 5.97 Å². The molecule has 25 heavy (non-hydrogen) atoms. The van der Waals surface area contributed by atoms with E-state index >= 15 is 0 Å². The average Bonchev–Trinajstić information content (AvgIpc) is 2.60. The first kappa shape index (κ1) is 18.4. The summed E-state index contributed by atoms with van der Waals surface area (Å²) in [5.41, 5.74) is 0.662. The van der Waals surface area contributed by atoms with Crippen molar-refractivity contribution in [2.45, 2.75) is 25.8 Å². The minimum absolute atomic E-state index is 0.136. The Morgan fingerprint density at radius 3 is 2.56 bits per heavy atom. The first-order valence-corrected chi connectivity index (χ1v) is 7.93. The molecule has 0 fully saturated rings. The normalized spacial score (nSPS) is 11.6. The summed E-state index contributed by atoms with van der Waals surface area (Å²) >= 11 is 0. The van der Waals surface area contributed by atoms with Gasteiger partial charge in [0.25, 0.3) is 0 Å². The summed E-state index contributed by atoms with van der Waals surface area (Å²) in [7, 11) is 0. The van der Waals surface area contributed by atoms with Gasteiger partial charge in [-0.25, -0.2) is 9.18 Å². The fourth-order valence-electron chi connectivity index (χ4n) is 2.31. The molecule has 0 spiro atoms. The Balaban J connectivity index is 1.85. The first-order valence-electron chi connectivity index (χ1n) is 7.93. The number of aryl methyl sites for hydroxylation is 1. The molecule has 1 unspecified atom stereocenters.